The smallest absolute Gasteiger partial charge is 0.358 e. The van der Waals surface area contributed by atoms with E-state index in [4.69, 9.17) is 9.47 Å². The van der Waals surface area contributed by atoms with E-state index in [0.717, 1.165) is 5.39 Å². The third-order valence-corrected chi connectivity index (χ3v) is 4.38. The van der Waals surface area contributed by atoms with Gasteiger partial charge in [-0.05, 0) is 31.4 Å². The van der Waals surface area contributed by atoms with Crippen LogP contribution >= 0.6 is 0 Å². The Kier molecular flexibility index (Phi) is 5.21. The molecule has 152 valence electrons. The number of rotatable bonds is 6. The van der Waals surface area contributed by atoms with Crippen molar-refractivity contribution in [3.05, 3.63) is 60.2 Å². The number of hydrogen-bond acceptors (Lipinski definition) is 8. The maximum atomic E-state index is 12.4. The summed E-state index contributed by atoms with van der Waals surface area (Å²) in [5.74, 6) is -1.07. The molecule has 0 saturated carbocycles. The van der Waals surface area contributed by atoms with E-state index < -0.39 is 11.9 Å². The van der Waals surface area contributed by atoms with Crippen LogP contribution in [0.5, 0.6) is 0 Å². The lowest BCUT2D eigenvalue weighted by Crippen LogP contribution is -2.14. The molecule has 0 spiro atoms. The maximum Gasteiger partial charge on any atom is 0.358 e. The molecule has 2 aromatic heterocycles. The Hall–Kier alpha value is -4.08. The van der Waals surface area contributed by atoms with E-state index in [-0.39, 0.29) is 24.6 Å². The first-order valence-corrected chi connectivity index (χ1v) is 9.33. The van der Waals surface area contributed by atoms with Crippen molar-refractivity contribution in [1.82, 2.24) is 30.0 Å². The Morgan fingerprint density at radius 3 is 1.70 bits per heavy atom. The molecule has 0 aliphatic carbocycles. The van der Waals surface area contributed by atoms with Gasteiger partial charge in [-0.2, -0.15) is 0 Å². The summed E-state index contributed by atoms with van der Waals surface area (Å²) in [4.78, 5) is 24.7. The van der Waals surface area contributed by atoms with Crippen LogP contribution < -0.4 is 0 Å². The third kappa shape index (κ3) is 3.28. The van der Waals surface area contributed by atoms with Crippen LogP contribution in [0.2, 0.25) is 0 Å². The minimum absolute atomic E-state index is 0.184. The number of carbonyl (C=O) groups is 2. The number of aromatic nitrogens is 6. The van der Waals surface area contributed by atoms with Crippen molar-refractivity contribution in [2.24, 2.45) is 0 Å². The maximum absolute atomic E-state index is 12.4. The van der Waals surface area contributed by atoms with Gasteiger partial charge in [-0.15, -0.1) is 10.2 Å². The molecule has 2 aromatic carbocycles. The molecule has 4 aromatic rings. The van der Waals surface area contributed by atoms with E-state index in [9.17, 15) is 9.59 Å². The first kappa shape index (κ1) is 19.2. The summed E-state index contributed by atoms with van der Waals surface area (Å²) in [6.45, 7) is 3.91. The number of esters is 2. The van der Waals surface area contributed by atoms with E-state index in [1.165, 1.54) is 21.8 Å². The van der Waals surface area contributed by atoms with E-state index in [1.54, 1.807) is 26.0 Å². The van der Waals surface area contributed by atoms with Gasteiger partial charge in [0.2, 0.25) is 0 Å². The summed E-state index contributed by atoms with van der Waals surface area (Å²) in [6, 6.07) is 11.1. The monoisotopic (exact) mass is 406 g/mol. The van der Waals surface area contributed by atoms with Crippen LogP contribution in [0.3, 0.4) is 0 Å². The second-order valence-corrected chi connectivity index (χ2v) is 6.16. The Balaban J connectivity index is 1.95. The molecule has 0 unspecified atom stereocenters. The van der Waals surface area contributed by atoms with Gasteiger partial charge in [0.1, 0.15) is 0 Å². The van der Waals surface area contributed by atoms with E-state index in [1.807, 2.05) is 24.3 Å². The fraction of sp³-hybridized carbons (Fsp3) is 0.200. The lowest BCUT2D eigenvalue weighted by atomic mass is 10.1. The molecule has 10 heteroatoms. The van der Waals surface area contributed by atoms with Crippen molar-refractivity contribution in [1.29, 1.82) is 0 Å². The van der Waals surface area contributed by atoms with E-state index >= 15 is 0 Å². The molecule has 2 heterocycles. The minimum Gasteiger partial charge on any atom is -0.461 e. The molecular formula is C20H18N6O4. The zero-order valence-corrected chi connectivity index (χ0v) is 16.3. The lowest BCUT2D eigenvalue weighted by Gasteiger charge is -2.14. The molecule has 0 atom stereocenters. The Morgan fingerprint density at radius 2 is 1.27 bits per heavy atom. The molecule has 0 aliphatic heterocycles. The van der Waals surface area contributed by atoms with Crippen LogP contribution in [0.4, 0.5) is 0 Å². The third-order valence-electron chi connectivity index (χ3n) is 4.38. The van der Waals surface area contributed by atoms with Crippen LogP contribution in [0, 0.1) is 0 Å². The van der Waals surface area contributed by atoms with Gasteiger partial charge in [0.15, 0.2) is 11.4 Å². The number of fused-ring (bicyclic) bond motifs is 1. The zero-order valence-electron chi connectivity index (χ0n) is 16.3. The molecule has 0 fully saturated rings. The zero-order chi connectivity index (χ0) is 21.1. The molecular weight excluding hydrogens is 388 g/mol. The van der Waals surface area contributed by atoms with Crippen molar-refractivity contribution in [3.8, 4) is 11.4 Å². The van der Waals surface area contributed by atoms with Gasteiger partial charge in [0.05, 0.1) is 37.0 Å². The SMILES string of the molecule is CCOC(=O)c1cnnn1-c1cccc2cccc(-n3nncc3C(=O)OCC)c12. The first-order valence-electron chi connectivity index (χ1n) is 9.33. The highest BCUT2D eigenvalue weighted by Gasteiger charge is 2.21. The van der Waals surface area contributed by atoms with Gasteiger partial charge in [0.25, 0.3) is 0 Å². The lowest BCUT2D eigenvalue weighted by molar-refractivity contribution is 0.0506. The second-order valence-electron chi connectivity index (χ2n) is 6.16. The van der Waals surface area contributed by atoms with Crippen molar-refractivity contribution >= 4 is 22.7 Å². The number of hydrogen-bond donors (Lipinski definition) is 0. The molecule has 0 N–H and O–H groups in total. The normalized spacial score (nSPS) is 10.9. The highest BCUT2D eigenvalue weighted by Crippen LogP contribution is 2.29. The topological polar surface area (TPSA) is 114 Å². The predicted molar refractivity (Wildman–Crippen MR) is 106 cm³/mol. The average Bonchev–Trinajstić information content (AvgIpc) is 3.43. The summed E-state index contributed by atoms with van der Waals surface area (Å²) in [5, 5.41) is 17.5. The summed E-state index contributed by atoms with van der Waals surface area (Å²) in [5.41, 5.74) is 1.52. The number of ether oxygens (including phenoxy) is 2. The predicted octanol–water partition coefficient (Wildman–Crippen LogP) is 2.35. The second kappa shape index (κ2) is 8.11. The van der Waals surface area contributed by atoms with Crippen LogP contribution in [0.15, 0.2) is 48.8 Å². The molecule has 0 radical (unpaired) electrons. The summed E-state index contributed by atoms with van der Waals surface area (Å²) in [6.07, 6.45) is 2.69. The van der Waals surface area contributed by atoms with Crippen molar-refractivity contribution in [2.75, 3.05) is 13.2 Å². The molecule has 4 rings (SSSR count). The summed E-state index contributed by atoms with van der Waals surface area (Å²) >= 11 is 0. The molecule has 0 saturated heterocycles. The van der Waals surface area contributed by atoms with Crippen LogP contribution in [0.1, 0.15) is 34.8 Å². The van der Waals surface area contributed by atoms with Gasteiger partial charge in [-0.3, -0.25) is 0 Å². The van der Waals surface area contributed by atoms with Gasteiger partial charge in [0, 0.05) is 5.39 Å². The van der Waals surface area contributed by atoms with E-state index in [2.05, 4.69) is 20.6 Å². The Morgan fingerprint density at radius 1 is 0.800 bits per heavy atom. The van der Waals surface area contributed by atoms with Gasteiger partial charge in [-0.25, -0.2) is 19.0 Å². The quantitative estimate of drug-likeness (QED) is 0.448. The van der Waals surface area contributed by atoms with Crippen molar-refractivity contribution in [3.63, 3.8) is 0 Å². The first-order chi connectivity index (χ1) is 14.7. The highest BCUT2D eigenvalue weighted by atomic mass is 16.5. The fourth-order valence-electron chi connectivity index (χ4n) is 3.17. The minimum atomic E-state index is -0.537. The van der Waals surface area contributed by atoms with E-state index in [0.29, 0.717) is 16.8 Å². The van der Waals surface area contributed by atoms with Gasteiger partial charge in [-0.1, -0.05) is 34.7 Å². The molecule has 0 aliphatic rings. The van der Waals surface area contributed by atoms with Crippen molar-refractivity contribution < 1.29 is 19.1 Å². The number of carbonyl (C=O) groups excluding carboxylic acids is 2. The van der Waals surface area contributed by atoms with Crippen molar-refractivity contribution in [2.45, 2.75) is 13.8 Å². The molecule has 10 nitrogen and oxygen atoms in total. The summed E-state index contributed by atoms with van der Waals surface area (Å²) < 4.78 is 13.0. The highest BCUT2D eigenvalue weighted by molar-refractivity contribution is 5.99. The average molecular weight is 406 g/mol. The van der Waals surface area contributed by atoms with Crippen LogP contribution in [-0.2, 0) is 9.47 Å². The van der Waals surface area contributed by atoms with Crippen LogP contribution in [-0.4, -0.2) is 55.1 Å². The fourth-order valence-corrected chi connectivity index (χ4v) is 3.17. The standard InChI is InChI=1S/C20H18N6O4/c1-3-29-19(27)16-11-21-23-25(16)14-9-5-7-13-8-6-10-15(18(13)14)26-17(12-22-24-26)20(28)30-4-2/h5-12H,3-4H2,1-2H3. The number of nitrogens with zero attached hydrogens (tertiary/aromatic N) is 6. The molecule has 0 bridgehead atoms. The van der Waals surface area contributed by atoms with Crippen LogP contribution in [0.25, 0.3) is 22.1 Å². The number of benzene rings is 2. The Labute approximate surface area is 171 Å². The van der Waals surface area contributed by atoms with Gasteiger partial charge >= 0.3 is 11.9 Å². The summed E-state index contributed by atoms with van der Waals surface area (Å²) in [7, 11) is 0. The molecule has 30 heavy (non-hydrogen) atoms. The molecule has 0 amide bonds. The van der Waals surface area contributed by atoms with Gasteiger partial charge < -0.3 is 9.47 Å². The Bertz CT molecular complexity index is 1140. The largest absolute Gasteiger partial charge is 0.461 e.